The number of amides is 1. The van der Waals surface area contributed by atoms with Crippen molar-refractivity contribution in [2.75, 3.05) is 26.7 Å². The van der Waals surface area contributed by atoms with Crippen molar-refractivity contribution in [2.24, 2.45) is 11.5 Å². The summed E-state index contributed by atoms with van der Waals surface area (Å²) in [5.74, 6) is -0.444. The highest BCUT2D eigenvalue weighted by molar-refractivity contribution is 5.79. The summed E-state index contributed by atoms with van der Waals surface area (Å²) in [5, 5.41) is 0. The van der Waals surface area contributed by atoms with Gasteiger partial charge in [-0.2, -0.15) is 0 Å². The minimum Gasteiger partial charge on any atom is -0.380 e. The number of methoxy groups -OCH3 is 1. The molecule has 5 nitrogen and oxygen atoms in total. The van der Waals surface area contributed by atoms with Crippen LogP contribution in [0.2, 0.25) is 0 Å². The Hall–Kier alpha value is -0.650. The van der Waals surface area contributed by atoms with Crippen LogP contribution in [0.1, 0.15) is 6.42 Å². The lowest BCUT2D eigenvalue weighted by atomic mass is 10.3. The zero-order valence-electron chi connectivity index (χ0n) is 7.90. The van der Waals surface area contributed by atoms with Gasteiger partial charge in [0.15, 0.2) is 0 Å². The number of carbonyl (C=O) groups excluding carboxylic acids is 1. The Morgan fingerprint density at radius 3 is 2.92 bits per heavy atom. The van der Waals surface area contributed by atoms with Gasteiger partial charge in [0, 0.05) is 26.7 Å². The van der Waals surface area contributed by atoms with Gasteiger partial charge in [-0.15, -0.1) is 0 Å². The van der Waals surface area contributed by atoms with Crippen LogP contribution in [-0.2, 0) is 9.53 Å². The lowest BCUT2D eigenvalue weighted by Gasteiger charge is -2.18. The zero-order valence-corrected chi connectivity index (χ0v) is 7.90. The highest BCUT2D eigenvalue weighted by atomic mass is 16.5. The Morgan fingerprint density at radius 1 is 1.77 bits per heavy atom. The summed E-state index contributed by atoms with van der Waals surface area (Å²) < 4.78 is 5.18. The van der Waals surface area contributed by atoms with Gasteiger partial charge in [0.05, 0.1) is 12.1 Å². The average molecular weight is 187 g/mol. The van der Waals surface area contributed by atoms with Crippen LogP contribution in [0, 0.1) is 0 Å². The van der Waals surface area contributed by atoms with Crippen LogP contribution < -0.4 is 11.5 Å². The molecule has 1 fully saturated rings. The van der Waals surface area contributed by atoms with E-state index in [2.05, 4.69) is 4.90 Å². The van der Waals surface area contributed by atoms with E-state index in [4.69, 9.17) is 16.2 Å². The molecule has 76 valence electrons. The molecule has 5 heteroatoms. The first-order valence-corrected chi connectivity index (χ1v) is 4.43. The Morgan fingerprint density at radius 2 is 2.46 bits per heavy atom. The smallest absolute Gasteiger partial charge is 0.235 e. The molecule has 0 aromatic carbocycles. The van der Waals surface area contributed by atoms with Gasteiger partial charge in [0.25, 0.3) is 0 Å². The Bertz CT molecular complexity index is 186. The molecule has 0 spiro atoms. The van der Waals surface area contributed by atoms with E-state index in [-0.39, 0.29) is 6.10 Å². The number of hydrogen-bond donors (Lipinski definition) is 2. The maximum Gasteiger partial charge on any atom is 0.235 e. The summed E-state index contributed by atoms with van der Waals surface area (Å²) in [6.45, 7) is 2.31. The molecular formula is C8H17N3O2. The van der Waals surface area contributed by atoms with E-state index in [9.17, 15) is 4.79 Å². The van der Waals surface area contributed by atoms with Crippen LogP contribution in [-0.4, -0.2) is 49.7 Å². The normalized spacial score (nSPS) is 26.2. The molecule has 1 aliphatic rings. The van der Waals surface area contributed by atoms with Crippen molar-refractivity contribution in [3.63, 3.8) is 0 Å². The summed E-state index contributed by atoms with van der Waals surface area (Å²) in [4.78, 5) is 12.8. The van der Waals surface area contributed by atoms with Crippen LogP contribution in [0.5, 0.6) is 0 Å². The average Bonchev–Trinajstić information content (AvgIpc) is 2.52. The molecule has 0 radical (unpaired) electrons. The monoisotopic (exact) mass is 187 g/mol. The standard InChI is InChI=1S/C8H17N3O2/c1-13-6-2-3-11(4-6)5-7(9)8(10)12/h6-7H,2-5,9H2,1H3,(H2,10,12). The van der Waals surface area contributed by atoms with Crippen LogP contribution >= 0.6 is 0 Å². The van der Waals surface area contributed by atoms with E-state index < -0.39 is 11.9 Å². The zero-order chi connectivity index (χ0) is 9.84. The second kappa shape index (κ2) is 4.55. The van der Waals surface area contributed by atoms with Gasteiger partial charge in [-0.3, -0.25) is 9.69 Å². The summed E-state index contributed by atoms with van der Waals surface area (Å²) in [6, 6.07) is -0.560. The van der Waals surface area contributed by atoms with Gasteiger partial charge < -0.3 is 16.2 Å². The molecule has 0 aliphatic carbocycles. The molecular weight excluding hydrogens is 170 g/mol. The number of carbonyl (C=O) groups is 1. The van der Waals surface area contributed by atoms with Crippen LogP contribution in [0.15, 0.2) is 0 Å². The maximum absolute atomic E-state index is 10.7. The third-order valence-electron chi connectivity index (χ3n) is 2.38. The van der Waals surface area contributed by atoms with E-state index in [1.807, 2.05) is 0 Å². The van der Waals surface area contributed by atoms with Crippen molar-refractivity contribution in [1.82, 2.24) is 4.90 Å². The second-order valence-corrected chi connectivity index (χ2v) is 3.41. The molecule has 1 saturated heterocycles. The molecule has 4 N–H and O–H groups in total. The molecule has 1 heterocycles. The third-order valence-corrected chi connectivity index (χ3v) is 2.38. The predicted octanol–water partition coefficient (Wildman–Crippen LogP) is -1.48. The largest absolute Gasteiger partial charge is 0.380 e. The van der Waals surface area contributed by atoms with E-state index in [1.54, 1.807) is 7.11 Å². The number of hydrogen-bond acceptors (Lipinski definition) is 4. The number of primary amides is 1. The minimum atomic E-state index is -0.560. The quantitative estimate of drug-likeness (QED) is 0.562. The first-order chi connectivity index (χ1) is 6.13. The fraction of sp³-hybridized carbons (Fsp3) is 0.875. The molecule has 2 atom stereocenters. The molecule has 1 aliphatic heterocycles. The fourth-order valence-electron chi connectivity index (χ4n) is 1.52. The van der Waals surface area contributed by atoms with Crippen molar-refractivity contribution in [3.8, 4) is 0 Å². The number of ether oxygens (including phenoxy) is 1. The molecule has 1 rings (SSSR count). The van der Waals surface area contributed by atoms with Crippen molar-refractivity contribution in [3.05, 3.63) is 0 Å². The van der Waals surface area contributed by atoms with E-state index in [0.717, 1.165) is 19.5 Å². The summed E-state index contributed by atoms with van der Waals surface area (Å²) in [5.41, 5.74) is 10.6. The van der Waals surface area contributed by atoms with Crippen molar-refractivity contribution >= 4 is 5.91 Å². The number of nitrogens with zero attached hydrogens (tertiary/aromatic N) is 1. The molecule has 1 amide bonds. The van der Waals surface area contributed by atoms with Crippen LogP contribution in [0.3, 0.4) is 0 Å². The first-order valence-electron chi connectivity index (χ1n) is 4.43. The number of rotatable bonds is 4. The summed E-state index contributed by atoms with van der Waals surface area (Å²) in [6.07, 6.45) is 1.28. The fourth-order valence-corrected chi connectivity index (χ4v) is 1.52. The molecule has 0 bridgehead atoms. The van der Waals surface area contributed by atoms with Gasteiger partial charge >= 0.3 is 0 Å². The molecule has 0 aromatic heterocycles. The Balaban J connectivity index is 2.27. The van der Waals surface area contributed by atoms with Gasteiger partial charge in [-0.05, 0) is 6.42 Å². The number of likely N-dealkylation sites (tertiary alicyclic amines) is 1. The van der Waals surface area contributed by atoms with Crippen molar-refractivity contribution in [2.45, 2.75) is 18.6 Å². The molecule has 13 heavy (non-hydrogen) atoms. The van der Waals surface area contributed by atoms with Gasteiger partial charge in [0.2, 0.25) is 5.91 Å². The summed E-state index contributed by atoms with van der Waals surface area (Å²) >= 11 is 0. The number of nitrogens with two attached hydrogens (primary N) is 2. The molecule has 0 aromatic rings. The lowest BCUT2D eigenvalue weighted by molar-refractivity contribution is -0.119. The Kier molecular flexibility index (Phi) is 3.65. The van der Waals surface area contributed by atoms with E-state index >= 15 is 0 Å². The van der Waals surface area contributed by atoms with Gasteiger partial charge in [-0.1, -0.05) is 0 Å². The third kappa shape index (κ3) is 2.95. The SMILES string of the molecule is COC1CCN(CC(N)C(N)=O)C1. The van der Waals surface area contributed by atoms with Crippen LogP contribution in [0.4, 0.5) is 0 Å². The van der Waals surface area contributed by atoms with Gasteiger partial charge in [0.1, 0.15) is 0 Å². The van der Waals surface area contributed by atoms with E-state index in [0.29, 0.717) is 6.54 Å². The van der Waals surface area contributed by atoms with Crippen molar-refractivity contribution in [1.29, 1.82) is 0 Å². The van der Waals surface area contributed by atoms with Crippen LogP contribution in [0.25, 0.3) is 0 Å². The first kappa shape index (κ1) is 10.4. The minimum absolute atomic E-state index is 0.278. The summed E-state index contributed by atoms with van der Waals surface area (Å²) in [7, 11) is 1.70. The van der Waals surface area contributed by atoms with Gasteiger partial charge in [-0.25, -0.2) is 0 Å². The topological polar surface area (TPSA) is 81.6 Å². The highest BCUT2D eigenvalue weighted by Gasteiger charge is 2.24. The van der Waals surface area contributed by atoms with Crippen molar-refractivity contribution < 1.29 is 9.53 Å². The highest BCUT2D eigenvalue weighted by Crippen LogP contribution is 2.11. The molecule has 0 saturated carbocycles. The maximum atomic E-state index is 10.7. The molecule has 2 unspecified atom stereocenters. The Labute approximate surface area is 78.0 Å². The lowest BCUT2D eigenvalue weighted by Crippen LogP contribution is -2.45. The van der Waals surface area contributed by atoms with E-state index in [1.165, 1.54) is 0 Å². The second-order valence-electron chi connectivity index (χ2n) is 3.41. The predicted molar refractivity (Wildman–Crippen MR) is 49.0 cm³/mol.